The number of nitrogens with two attached hydrogens (primary N) is 1. The minimum Gasteiger partial charge on any atom is -0.336 e. The molecule has 0 aliphatic carbocycles. The van der Waals surface area contributed by atoms with Gasteiger partial charge in [0.15, 0.2) is 0 Å². The van der Waals surface area contributed by atoms with Crippen LogP contribution in [0.4, 0.5) is 5.95 Å². The molecule has 88 valence electrons. The van der Waals surface area contributed by atoms with E-state index in [0.717, 1.165) is 31.3 Å². The second-order valence-electron chi connectivity index (χ2n) is 4.36. The quantitative estimate of drug-likeness (QED) is 0.766. The summed E-state index contributed by atoms with van der Waals surface area (Å²) in [6.45, 7) is 5.76. The van der Waals surface area contributed by atoms with Gasteiger partial charge in [0, 0.05) is 38.4 Å². The number of hydrogen-bond acceptors (Lipinski definition) is 5. The molecule has 1 aromatic rings. The number of nitrogens with zero attached hydrogens (tertiary/aromatic N) is 4. The maximum absolute atomic E-state index is 5.59. The van der Waals surface area contributed by atoms with Crippen molar-refractivity contribution in [2.75, 3.05) is 31.6 Å². The predicted octanol–water partition coefficient (Wildman–Crippen LogP) is 0.0756. The van der Waals surface area contributed by atoms with Crippen LogP contribution >= 0.6 is 0 Å². The summed E-state index contributed by atoms with van der Waals surface area (Å²) < 4.78 is 0. The second kappa shape index (κ2) is 4.76. The largest absolute Gasteiger partial charge is 0.336 e. The van der Waals surface area contributed by atoms with E-state index < -0.39 is 0 Å². The Hall–Kier alpha value is -1.20. The molecule has 5 nitrogen and oxygen atoms in total. The zero-order valence-corrected chi connectivity index (χ0v) is 9.93. The molecule has 0 radical (unpaired) electrons. The van der Waals surface area contributed by atoms with Gasteiger partial charge in [0.05, 0.1) is 5.69 Å². The third-order valence-electron chi connectivity index (χ3n) is 3.00. The van der Waals surface area contributed by atoms with Gasteiger partial charge in [-0.2, -0.15) is 0 Å². The smallest absolute Gasteiger partial charge is 0.225 e. The molecule has 1 saturated heterocycles. The number of hydrogen-bond donors (Lipinski definition) is 1. The molecule has 2 rings (SSSR count). The summed E-state index contributed by atoms with van der Waals surface area (Å²) in [5, 5.41) is 0. The Morgan fingerprint density at radius 3 is 3.00 bits per heavy atom. The van der Waals surface area contributed by atoms with Gasteiger partial charge in [-0.05, 0) is 20.0 Å². The van der Waals surface area contributed by atoms with Crippen LogP contribution in [0.25, 0.3) is 0 Å². The van der Waals surface area contributed by atoms with Gasteiger partial charge in [0.1, 0.15) is 0 Å². The molecule has 1 aromatic heterocycles. The van der Waals surface area contributed by atoms with Crippen LogP contribution in [-0.4, -0.2) is 47.6 Å². The zero-order valence-electron chi connectivity index (χ0n) is 9.93. The molecule has 0 amide bonds. The Bertz CT molecular complexity index is 354. The topological polar surface area (TPSA) is 58.3 Å². The Morgan fingerprint density at radius 2 is 2.31 bits per heavy atom. The van der Waals surface area contributed by atoms with Gasteiger partial charge >= 0.3 is 0 Å². The van der Waals surface area contributed by atoms with Crippen molar-refractivity contribution >= 4 is 5.95 Å². The number of aromatic nitrogens is 2. The molecule has 0 bridgehead atoms. The van der Waals surface area contributed by atoms with Crippen LogP contribution in [0.2, 0.25) is 0 Å². The number of likely N-dealkylation sites (N-methyl/N-ethyl adjacent to an activating group) is 1. The third kappa shape index (κ3) is 2.31. The van der Waals surface area contributed by atoms with Gasteiger partial charge in [-0.15, -0.1) is 0 Å². The number of rotatable bonds is 2. The lowest BCUT2D eigenvalue weighted by Crippen LogP contribution is -2.51. The molecular weight excluding hydrogens is 202 g/mol. The molecule has 1 aliphatic heterocycles. The summed E-state index contributed by atoms with van der Waals surface area (Å²) >= 11 is 0. The van der Waals surface area contributed by atoms with Gasteiger partial charge in [-0.1, -0.05) is 0 Å². The number of anilines is 1. The lowest BCUT2D eigenvalue weighted by atomic mass is 10.2. The van der Waals surface area contributed by atoms with E-state index in [2.05, 4.69) is 33.7 Å². The molecule has 1 atom stereocenters. The zero-order chi connectivity index (χ0) is 11.5. The first-order valence-electron chi connectivity index (χ1n) is 5.68. The predicted molar refractivity (Wildman–Crippen MR) is 64.2 cm³/mol. The van der Waals surface area contributed by atoms with E-state index in [-0.39, 0.29) is 0 Å². The summed E-state index contributed by atoms with van der Waals surface area (Å²) in [7, 11) is 2.14. The van der Waals surface area contributed by atoms with Gasteiger partial charge in [0.25, 0.3) is 0 Å². The molecule has 1 aliphatic rings. The highest BCUT2D eigenvalue weighted by atomic mass is 15.3. The van der Waals surface area contributed by atoms with Crippen LogP contribution in [-0.2, 0) is 6.54 Å². The lowest BCUT2D eigenvalue weighted by Gasteiger charge is -2.38. The average molecular weight is 221 g/mol. The van der Waals surface area contributed by atoms with E-state index >= 15 is 0 Å². The summed E-state index contributed by atoms with van der Waals surface area (Å²) in [5.41, 5.74) is 6.49. The number of piperazine rings is 1. The molecule has 16 heavy (non-hydrogen) atoms. The third-order valence-corrected chi connectivity index (χ3v) is 3.00. The van der Waals surface area contributed by atoms with Crippen LogP contribution < -0.4 is 10.6 Å². The van der Waals surface area contributed by atoms with Crippen molar-refractivity contribution in [3.63, 3.8) is 0 Å². The summed E-state index contributed by atoms with van der Waals surface area (Å²) in [6, 6.07) is 2.32. The Balaban J connectivity index is 2.16. The normalized spacial score (nSPS) is 22.4. The highest BCUT2D eigenvalue weighted by Crippen LogP contribution is 2.15. The highest BCUT2D eigenvalue weighted by molar-refractivity contribution is 5.33. The maximum Gasteiger partial charge on any atom is 0.225 e. The molecule has 2 N–H and O–H groups in total. The molecule has 1 unspecified atom stereocenters. The first-order chi connectivity index (χ1) is 7.70. The van der Waals surface area contributed by atoms with E-state index in [9.17, 15) is 0 Å². The van der Waals surface area contributed by atoms with Gasteiger partial charge in [0.2, 0.25) is 5.95 Å². The monoisotopic (exact) mass is 221 g/mol. The highest BCUT2D eigenvalue weighted by Gasteiger charge is 2.23. The average Bonchev–Trinajstić information content (AvgIpc) is 2.29. The molecule has 2 heterocycles. The fourth-order valence-corrected chi connectivity index (χ4v) is 2.07. The van der Waals surface area contributed by atoms with E-state index in [0.29, 0.717) is 12.6 Å². The van der Waals surface area contributed by atoms with Crippen LogP contribution in [0, 0.1) is 0 Å². The van der Waals surface area contributed by atoms with Gasteiger partial charge < -0.3 is 15.5 Å². The van der Waals surface area contributed by atoms with Crippen LogP contribution in [0.15, 0.2) is 12.3 Å². The standard InChI is InChI=1S/C11H19N5/c1-9-8-15(2)5-6-16(9)11-13-4-3-10(7-12)14-11/h3-4,9H,5-8,12H2,1-2H3. The lowest BCUT2D eigenvalue weighted by molar-refractivity contribution is 0.273. The van der Waals surface area contributed by atoms with Crippen molar-refractivity contribution in [2.24, 2.45) is 5.73 Å². The van der Waals surface area contributed by atoms with Crippen molar-refractivity contribution < 1.29 is 0 Å². The van der Waals surface area contributed by atoms with E-state index in [1.807, 2.05) is 6.07 Å². The fourth-order valence-electron chi connectivity index (χ4n) is 2.07. The van der Waals surface area contributed by atoms with Gasteiger partial charge in [-0.25, -0.2) is 9.97 Å². The molecule has 0 saturated carbocycles. The Kier molecular flexibility index (Phi) is 3.36. The van der Waals surface area contributed by atoms with E-state index in [1.165, 1.54) is 0 Å². The molecule has 0 spiro atoms. The van der Waals surface area contributed by atoms with Crippen molar-refractivity contribution in [1.82, 2.24) is 14.9 Å². The molecular formula is C11H19N5. The first kappa shape index (κ1) is 11.3. The fraction of sp³-hybridized carbons (Fsp3) is 0.636. The summed E-state index contributed by atoms with van der Waals surface area (Å²) in [5.74, 6) is 0.809. The molecule has 5 heteroatoms. The SMILES string of the molecule is CC1CN(C)CCN1c1nccc(CN)n1. The van der Waals surface area contributed by atoms with Crippen LogP contribution in [0.5, 0.6) is 0 Å². The van der Waals surface area contributed by atoms with Crippen molar-refractivity contribution in [2.45, 2.75) is 19.5 Å². The summed E-state index contributed by atoms with van der Waals surface area (Å²) in [6.07, 6.45) is 1.79. The Morgan fingerprint density at radius 1 is 1.50 bits per heavy atom. The second-order valence-corrected chi connectivity index (χ2v) is 4.36. The minimum absolute atomic E-state index is 0.451. The van der Waals surface area contributed by atoms with E-state index in [4.69, 9.17) is 5.73 Å². The van der Waals surface area contributed by atoms with Crippen molar-refractivity contribution in [3.05, 3.63) is 18.0 Å². The Labute approximate surface area is 96.3 Å². The van der Waals surface area contributed by atoms with Crippen LogP contribution in [0.1, 0.15) is 12.6 Å². The summed E-state index contributed by atoms with van der Waals surface area (Å²) in [4.78, 5) is 13.4. The minimum atomic E-state index is 0.451. The van der Waals surface area contributed by atoms with Crippen molar-refractivity contribution in [3.8, 4) is 0 Å². The van der Waals surface area contributed by atoms with Crippen LogP contribution in [0.3, 0.4) is 0 Å². The maximum atomic E-state index is 5.59. The molecule has 1 fully saturated rings. The first-order valence-corrected chi connectivity index (χ1v) is 5.68. The molecule has 0 aromatic carbocycles. The van der Waals surface area contributed by atoms with Gasteiger partial charge in [-0.3, -0.25) is 0 Å². The van der Waals surface area contributed by atoms with Crippen molar-refractivity contribution in [1.29, 1.82) is 0 Å². The van der Waals surface area contributed by atoms with E-state index in [1.54, 1.807) is 6.20 Å².